The lowest BCUT2D eigenvalue weighted by atomic mass is 9.70. The van der Waals surface area contributed by atoms with Crippen LogP contribution in [0.25, 0.3) is 0 Å². The van der Waals surface area contributed by atoms with E-state index in [1.165, 1.54) is 19.3 Å². The van der Waals surface area contributed by atoms with Gasteiger partial charge < -0.3 is 0 Å². The summed E-state index contributed by atoms with van der Waals surface area (Å²) in [6, 6.07) is 0. The van der Waals surface area contributed by atoms with Crippen LogP contribution in [0.15, 0.2) is 0 Å². The molecule has 1 saturated carbocycles. The smallest absolute Gasteiger partial charge is 0.166 e. The van der Waals surface area contributed by atoms with Crippen molar-refractivity contribution in [2.75, 3.05) is 36.1 Å². The summed E-state index contributed by atoms with van der Waals surface area (Å²) in [4.78, 5) is 2.21. The van der Waals surface area contributed by atoms with Crippen LogP contribution < -0.4 is 0 Å². The Morgan fingerprint density at radius 3 is 2.67 bits per heavy atom. The quantitative estimate of drug-likeness (QED) is 0.787. The minimum absolute atomic E-state index is 0.253. The summed E-state index contributed by atoms with van der Waals surface area (Å²) in [6.45, 7) is 3.58. The van der Waals surface area contributed by atoms with E-state index in [4.69, 9.17) is 0 Å². The molecule has 0 bridgehead atoms. The van der Waals surface area contributed by atoms with Crippen molar-refractivity contribution in [1.82, 2.24) is 4.90 Å². The summed E-state index contributed by atoms with van der Waals surface area (Å²) in [5, 5.41) is -0.265. The Morgan fingerprint density at radius 1 is 1.44 bits per heavy atom. The summed E-state index contributed by atoms with van der Waals surface area (Å²) in [6.07, 6.45) is 3.69. The van der Waals surface area contributed by atoms with Gasteiger partial charge in [0.05, 0.1) is 0 Å². The summed E-state index contributed by atoms with van der Waals surface area (Å²) >= 11 is 6.24. The highest BCUT2D eigenvalue weighted by Crippen LogP contribution is 2.43. The fourth-order valence-electron chi connectivity index (χ4n) is 2.79. The Balaban J connectivity index is 2.08. The number of sulfone groups is 1. The third-order valence-electron chi connectivity index (χ3n) is 4.30. The van der Waals surface area contributed by atoms with Crippen molar-refractivity contribution in [3.63, 3.8) is 0 Å². The minimum atomic E-state index is -2.95. The van der Waals surface area contributed by atoms with Gasteiger partial charge in [0.2, 0.25) is 0 Å². The van der Waals surface area contributed by atoms with Crippen LogP contribution in [0.1, 0.15) is 26.2 Å². The molecular formula is C12H23NO2S3. The molecule has 106 valence electrons. The van der Waals surface area contributed by atoms with Gasteiger partial charge in [0.15, 0.2) is 9.84 Å². The van der Waals surface area contributed by atoms with Gasteiger partial charge in [-0.2, -0.15) is 24.4 Å². The van der Waals surface area contributed by atoms with Crippen molar-refractivity contribution in [3.8, 4) is 0 Å². The minimum Gasteiger partial charge on any atom is -0.285 e. The molecule has 1 aliphatic heterocycles. The Hall–Kier alpha value is 0.610. The molecule has 2 rings (SSSR count). The van der Waals surface area contributed by atoms with Gasteiger partial charge in [-0.3, -0.25) is 4.90 Å². The van der Waals surface area contributed by atoms with E-state index in [1.807, 2.05) is 0 Å². The second-order valence-electron chi connectivity index (χ2n) is 5.46. The predicted octanol–water partition coefficient (Wildman–Crippen LogP) is 1.90. The first-order valence-corrected chi connectivity index (χ1v) is 10.2. The summed E-state index contributed by atoms with van der Waals surface area (Å²) in [5.74, 6) is 2.93. The van der Waals surface area contributed by atoms with Gasteiger partial charge in [-0.05, 0) is 24.0 Å². The Labute approximate surface area is 120 Å². The number of thiol groups is 1. The number of nitrogens with zero attached hydrogens (tertiary/aromatic N) is 1. The molecule has 1 saturated heterocycles. The normalized spacial score (nSPS) is 28.9. The molecule has 0 aromatic rings. The van der Waals surface area contributed by atoms with E-state index in [1.54, 1.807) is 18.7 Å². The first-order chi connectivity index (χ1) is 8.53. The van der Waals surface area contributed by atoms with Gasteiger partial charge in [0.25, 0.3) is 0 Å². The van der Waals surface area contributed by atoms with E-state index in [-0.39, 0.29) is 16.5 Å². The Morgan fingerprint density at radius 2 is 2.17 bits per heavy atom. The van der Waals surface area contributed by atoms with Gasteiger partial charge in [0.1, 0.15) is 5.37 Å². The van der Waals surface area contributed by atoms with Crippen LogP contribution in [0.2, 0.25) is 0 Å². The van der Waals surface area contributed by atoms with E-state index in [0.29, 0.717) is 0 Å². The molecule has 2 aliphatic rings. The van der Waals surface area contributed by atoms with Crippen LogP contribution in [0.3, 0.4) is 0 Å². The number of hydrogen-bond donors (Lipinski definition) is 1. The van der Waals surface area contributed by atoms with Crippen molar-refractivity contribution in [2.45, 2.75) is 31.6 Å². The average Bonchev–Trinajstić information content (AvgIpc) is 2.34. The molecule has 1 aliphatic carbocycles. The lowest BCUT2D eigenvalue weighted by Gasteiger charge is -2.47. The van der Waals surface area contributed by atoms with Gasteiger partial charge in [-0.25, -0.2) is 8.42 Å². The van der Waals surface area contributed by atoms with Crippen LogP contribution in [-0.2, 0) is 9.84 Å². The molecule has 18 heavy (non-hydrogen) atoms. The number of thioether (sulfide) groups is 1. The molecular weight excluding hydrogens is 286 g/mol. The maximum atomic E-state index is 12.2. The zero-order valence-electron chi connectivity index (χ0n) is 11.0. The van der Waals surface area contributed by atoms with E-state index in [2.05, 4.69) is 17.5 Å². The molecule has 1 heterocycles. The zero-order valence-corrected chi connectivity index (χ0v) is 13.5. The maximum Gasteiger partial charge on any atom is 0.166 e. The van der Waals surface area contributed by atoms with Crippen LogP contribution in [0.5, 0.6) is 0 Å². The van der Waals surface area contributed by atoms with Gasteiger partial charge in [0, 0.05) is 30.3 Å². The second-order valence-corrected chi connectivity index (χ2v) is 9.38. The topological polar surface area (TPSA) is 37.4 Å². The van der Waals surface area contributed by atoms with Gasteiger partial charge in [-0.1, -0.05) is 13.3 Å². The summed E-state index contributed by atoms with van der Waals surface area (Å²) < 4.78 is 24.3. The van der Waals surface area contributed by atoms with Crippen molar-refractivity contribution < 1.29 is 8.42 Å². The van der Waals surface area contributed by atoms with Crippen LogP contribution in [0, 0.1) is 5.41 Å². The first-order valence-electron chi connectivity index (χ1n) is 6.67. The van der Waals surface area contributed by atoms with E-state index >= 15 is 0 Å². The summed E-state index contributed by atoms with van der Waals surface area (Å²) in [7, 11) is -2.95. The lowest BCUT2D eigenvalue weighted by Crippen LogP contribution is -2.53. The first kappa shape index (κ1) is 15.0. The highest BCUT2D eigenvalue weighted by atomic mass is 32.2. The lowest BCUT2D eigenvalue weighted by molar-refractivity contribution is 0.0881. The maximum absolute atomic E-state index is 12.2. The average molecular weight is 310 g/mol. The van der Waals surface area contributed by atoms with Crippen LogP contribution in [-0.4, -0.2) is 54.8 Å². The van der Waals surface area contributed by atoms with E-state index in [0.717, 1.165) is 30.3 Å². The number of rotatable bonds is 5. The molecule has 1 unspecified atom stereocenters. The van der Waals surface area contributed by atoms with Crippen LogP contribution >= 0.6 is 24.4 Å². The molecule has 3 nitrogen and oxygen atoms in total. The van der Waals surface area contributed by atoms with E-state index < -0.39 is 9.84 Å². The van der Waals surface area contributed by atoms with Crippen molar-refractivity contribution in [2.24, 2.45) is 5.41 Å². The molecule has 6 heteroatoms. The molecule has 0 amide bonds. The third kappa shape index (κ3) is 3.02. The largest absolute Gasteiger partial charge is 0.285 e. The molecule has 0 spiro atoms. The molecule has 0 N–H and O–H groups in total. The highest BCUT2D eigenvalue weighted by molar-refractivity contribution is 8.01. The molecule has 1 atom stereocenters. The zero-order chi connectivity index (χ0) is 13.2. The van der Waals surface area contributed by atoms with Gasteiger partial charge >= 0.3 is 0 Å². The van der Waals surface area contributed by atoms with Gasteiger partial charge in [-0.15, -0.1) is 0 Å². The highest BCUT2D eigenvalue weighted by Gasteiger charge is 2.41. The molecule has 0 aromatic heterocycles. The van der Waals surface area contributed by atoms with E-state index in [9.17, 15) is 8.42 Å². The van der Waals surface area contributed by atoms with Crippen molar-refractivity contribution in [1.29, 1.82) is 0 Å². The predicted molar refractivity (Wildman–Crippen MR) is 82.3 cm³/mol. The Kier molecular flexibility index (Phi) is 4.95. The third-order valence-corrected chi connectivity index (χ3v) is 8.30. The molecule has 2 fully saturated rings. The summed E-state index contributed by atoms with van der Waals surface area (Å²) in [5.41, 5.74) is 0.284. The second kappa shape index (κ2) is 5.94. The monoisotopic (exact) mass is 309 g/mol. The standard InChI is InChI=1S/C12H23NO2S3/c1-2-18(14,15)11-8-17-7-6-13(11)9-12(10-16)4-3-5-12/h11,16H,2-10H2,1H3. The molecule has 0 aromatic carbocycles. The SMILES string of the molecule is CCS(=O)(=O)C1CSCCN1CC1(CS)CCC1. The van der Waals surface area contributed by atoms with Crippen molar-refractivity contribution >= 4 is 34.2 Å². The number of hydrogen-bond acceptors (Lipinski definition) is 5. The fourth-order valence-corrected chi connectivity index (χ4v) is 6.29. The Bertz CT molecular complexity index is 373. The molecule has 0 radical (unpaired) electrons. The van der Waals surface area contributed by atoms with Crippen molar-refractivity contribution in [3.05, 3.63) is 0 Å². The van der Waals surface area contributed by atoms with Crippen LogP contribution in [0.4, 0.5) is 0 Å². The fraction of sp³-hybridized carbons (Fsp3) is 1.00.